The summed E-state index contributed by atoms with van der Waals surface area (Å²) < 4.78 is 11.6. The van der Waals surface area contributed by atoms with Gasteiger partial charge >= 0.3 is 5.97 Å². The zero-order valence-corrected chi connectivity index (χ0v) is 22.5. The molecule has 1 amide bonds. The van der Waals surface area contributed by atoms with Gasteiger partial charge in [0, 0.05) is 6.54 Å². The Hall–Kier alpha value is -4.42. The Labute approximate surface area is 232 Å². The number of nitrogens with one attached hydrogen (secondary N) is 2. The summed E-state index contributed by atoms with van der Waals surface area (Å²) in [7, 11) is 0. The number of carboxylic acid groups (broad SMARTS) is 1. The molecular weight excluding hydrogens is 516 g/mol. The van der Waals surface area contributed by atoms with Crippen LogP contribution in [0.4, 0.5) is 0 Å². The van der Waals surface area contributed by atoms with Gasteiger partial charge in [-0.3, -0.25) is 19.9 Å². The van der Waals surface area contributed by atoms with Crippen LogP contribution in [0.25, 0.3) is 0 Å². The van der Waals surface area contributed by atoms with Gasteiger partial charge in [0.2, 0.25) is 5.89 Å². The lowest BCUT2D eigenvalue weighted by Crippen LogP contribution is -2.39. The number of rotatable bonds is 15. The number of carbonyl (C=O) groups is 2. The van der Waals surface area contributed by atoms with E-state index in [2.05, 4.69) is 20.6 Å². The minimum Gasteiger partial charge on any atom is -0.480 e. The first kappa shape index (κ1) is 30.1. The largest absolute Gasteiger partial charge is 0.480 e. The topological polar surface area (TPSA) is 198 Å². The molecule has 0 aliphatic heterocycles. The minimum atomic E-state index is -1.42. The number of ether oxygens (including phenoxy) is 1. The molecule has 3 aromatic rings. The third-order valence-electron chi connectivity index (χ3n) is 6.29. The van der Waals surface area contributed by atoms with Crippen LogP contribution in [0, 0.1) is 5.92 Å². The molecule has 0 saturated heterocycles. The standard InChI is InChI=1S/C28H36N6O6/c1-3-17(2)23(34-24(35)19-12-7-8-14-22(19)40-18-10-5-4-6-11-18)26-33-21(16-39-26)25(36)32-20(27(37)38)13-9-15-31-28(29)30/h4-8,10-12,14,16-17,20,23,25,32,36H,3,9,13,15H2,1-2H3,(H,34,35)(H,37,38)(H4,29,30,31)/t17?,20-,23?,25?/m0/s1. The van der Waals surface area contributed by atoms with Gasteiger partial charge in [-0.25, -0.2) is 4.98 Å². The maximum Gasteiger partial charge on any atom is 0.320 e. The number of benzene rings is 2. The van der Waals surface area contributed by atoms with Crippen LogP contribution < -0.4 is 26.8 Å². The number of hydrogen-bond donors (Lipinski definition) is 6. The Bertz CT molecular complexity index is 1280. The molecule has 8 N–H and O–H groups in total. The second-order valence-electron chi connectivity index (χ2n) is 9.27. The maximum absolute atomic E-state index is 13.4. The molecule has 4 atom stereocenters. The number of carboxylic acids is 1. The highest BCUT2D eigenvalue weighted by molar-refractivity contribution is 5.97. The fourth-order valence-corrected chi connectivity index (χ4v) is 3.89. The molecular formula is C28H36N6O6. The van der Waals surface area contributed by atoms with Gasteiger partial charge in [-0.1, -0.05) is 50.6 Å². The number of nitrogens with zero attached hydrogens (tertiary/aromatic N) is 2. The molecule has 0 aliphatic rings. The van der Waals surface area contributed by atoms with Gasteiger partial charge in [-0.15, -0.1) is 0 Å². The summed E-state index contributed by atoms with van der Waals surface area (Å²) in [6, 6.07) is 14.3. The summed E-state index contributed by atoms with van der Waals surface area (Å²) >= 11 is 0. The normalized spacial score (nSPS) is 14.0. The molecule has 12 heteroatoms. The van der Waals surface area contributed by atoms with E-state index in [1.54, 1.807) is 36.4 Å². The highest BCUT2D eigenvalue weighted by Gasteiger charge is 2.29. The number of hydrogen-bond acceptors (Lipinski definition) is 8. The van der Waals surface area contributed by atoms with Crippen LogP contribution in [0.2, 0.25) is 0 Å². The van der Waals surface area contributed by atoms with Gasteiger partial charge in [0.1, 0.15) is 35.5 Å². The molecule has 3 unspecified atom stereocenters. The van der Waals surface area contributed by atoms with E-state index in [4.69, 9.17) is 20.6 Å². The Morgan fingerprint density at radius 1 is 1.12 bits per heavy atom. The smallest absolute Gasteiger partial charge is 0.320 e. The molecule has 0 saturated carbocycles. The summed E-state index contributed by atoms with van der Waals surface area (Å²) in [6.07, 6.45) is 1.07. The lowest BCUT2D eigenvalue weighted by atomic mass is 9.98. The second-order valence-corrected chi connectivity index (χ2v) is 9.27. The van der Waals surface area contributed by atoms with Crippen molar-refractivity contribution in [3.63, 3.8) is 0 Å². The van der Waals surface area contributed by atoms with Crippen LogP contribution in [0.5, 0.6) is 11.5 Å². The summed E-state index contributed by atoms with van der Waals surface area (Å²) in [5, 5.41) is 25.8. The summed E-state index contributed by atoms with van der Waals surface area (Å²) in [4.78, 5) is 33.3. The quantitative estimate of drug-likeness (QED) is 0.0705. The van der Waals surface area contributed by atoms with Crippen LogP contribution >= 0.6 is 0 Å². The lowest BCUT2D eigenvalue weighted by Gasteiger charge is -2.22. The molecule has 214 valence electrons. The zero-order chi connectivity index (χ0) is 29.1. The van der Waals surface area contributed by atoms with E-state index in [0.29, 0.717) is 29.9 Å². The Balaban J connectivity index is 1.73. The van der Waals surface area contributed by atoms with Crippen molar-refractivity contribution < 1.29 is 29.0 Å². The third kappa shape index (κ3) is 8.55. The Morgan fingerprint density at radius 3 is 2.50 bits per heavy atom. The van der Waals surface area contributed by atoms with E-state index in [0.717, 1.165) is 0 Å². The van der Waals surface area contributed by atoms with Crippen molar-refractivity contribution in [2.45, 2.75) is 51.4 Å². The monoisotopic (exact) mass is 552 g/mol. The molecule has 0 spiro atoms. The van der Waals surface area contributed by atoms with Crippen molar-refractivity contribution in [2.75, 3.05) is 6.54 Å². The highest BCUT2D eigenvalue weighted by atomic mass is 16.5. The van der Waals surface area contributed by atoms with Gasteiger partial charge in [0.05, 0.1) is 5.56 Å². The first-order valence-electron chi connectivity index (χ1n) is 13.0. The molecule has 0 bridgehead atoms. The average molecular weight is 553 g/mol. The van der Waals surface area contributed by atoms with Crippen molar-refractivity contribution in [3.05, 3.63) is 78.0 Å². The van der Waals surface area contributed by atoms with E-state index in [9.17, 15) is 19.8 Å². The number of aromatic nitrogens is 1. The van der Waals surface area contributed by atoms with Crippen molar-refractivity contribution in [3.8, 4) is 11.5 Å². The van der Waals surface area contributed by atoms with Crippen molar-refractivity contribution in [2.24, 2.45) is 22.4 Å². The van der Waals surface area contributed by atoms with E-state index >= 15 is 0 Å². The van der Waals surface area contributed by atoms with Gasteiger partial charge in [0.25, 0.3) is 5.91 Å². The Morgan fingerprint density at radius 2 is 1.82 bits per heavy atom. The van der Waals surface area contributed by atoms with Gasteiger partial charge in [-0.2, -0.15) is 0 Å². The number of guanidine groups is 1. The molecule has 0 radical (unpaired) electrons. The zero-order valence-electron chi connectivity index (χ0n) is 22.5. The van der Waals surface area contributed by atoms with Gasteiger partial charge in [-0.05, 0) is 43.0 Å². The van der Waals surface area contributed by atoms with Gasteiger partial charge < -0.3 is 36.2 Å². The number of aliphatic hydroxyl groups excluding tert-OH is 1. The molecule has 2 aromatic carbocycles. The predicted molar refractivity (Wildman–Crippen MR) is 149 cm³/mol. The number of para-hydroxylation sites is 2. The first-order valence-corrected chi connectivity index (χ1v) is 13.0. The van der Waals surface area contributed by atoms with Crippen molar-refractivity contribution >= 4 is 17.8 Å². The van der Waals surface area contributed by atoms with Crippen molar-refractivity contribution in [1.82, 2.24) is 15.6 Å². The number of amides is 1. The number of oxazole rings is 1. The summed E-state index contributed by atoms with van der Waals surface area (Å²) in [5.74, 6) is -0.525. The van der Waals surface area contributed by atoms with E-state index in [1.165, 1.54) is 6.26 Å². The van der Waals surface area contributed by atoms with E-state index in [1.807, 2.05) is 32.0 Å². The van der Waals surface area contributed by atoms with Crippen LogP contribution in [0.15, 0.2) is 70.3 Å². The van der Waals surface area contributed by atoms with Gasteiger partial charge in [0.15, 0.2) is 12.2 Å². The van der Waals surface area contributed by atoms with Crippen molar-refractivity contribution in [1.29, 1.82) is 0 Å². The van der Waals surface area contributed by atoms with Crippen LogP contribution in [0.3, 0.4) is 0 Å². The molecule has 0 fully saturated rings. The number of nitrogens with two attached hydrogens (primary N) is 2. The molecule has 0 aliphatic carbocycles. The summed E-state index contributed by atoms with van der Waals surface area (Å²) in [6.45, 7) is 4.16. The highest BCUT2D eigenvalue weighted by Crippen LogP contribution is 2.29. The second kappa shape index (κ2) is 14.7. The third-order valence-corrected chi connectivity index (χ3v) is 6.29. The first-order chi connectivity index (χ1) is 19.2. The summed E-state index contributed by atoms with van der Waals surface area (Å²) in [5.41, 5.74) is 11.0. The van der Waals surface area contributed by atoms with Crippen LogP contribution in [0.1, 0.15) is 67.3 Å². The lowest BCUT2D eigenvalue weighted by molar-refractivity contribution is -0.140. The number of aliphatic carboxylic acids is 1. The van der Waals surface area contributed by atoms with E-state index in [-0.39, 0.29) is 42.3 Å². The molecule has 40 heavy (non-hydrogen) atoms. The van der Waals surface area contributed by atoms with Crippen LogP contribution in [-0.4, -0.2) is 45.6 Å². The fraction of sp³-hybridized carbons (Fsp3) is 0.357. The fourth-order valence-electron chi connectivity index (χ4n) is 3.89. The predicted octanol–water partition coefficient (Wildman–Crippen LogP) is 3.07. The Kier molecular flexibility index (Phi) is 11.0. The van der Waals surface area contributed by atoms with Crippen LogP contribution in [-0.2, 0) is 4.79 Å². The minimum absolute atomic E-state index is 0.0786. The molecule has 1 heterocycles. The average Bonchev–Trinajstić information content (AvgIpc) is 3.43. The number of aliphatic hydroxyl groups is 1. The number of carbonyl (C=O) groups excluding carboxylic acids is 1. The molecule has 3 rings (SSSR count). The van der Waals surface area contributed by atoms with E-state index < -0.39 is 24.3 Å². The number of aliphatic imine (C=N–C) groups is 1. The SMILES string of the molecule is CCC(C)C(NC(=O)c1ccccc1Oc1ccccc1)c1nc(C(O)N[C@@H](CCCN=C(N)N)C(=O)O)co1. The molecule has 12 nitrogen and oxygen atoms in total. The molecule has 1 aromatic heterocycles. The maximum atomic E-state index is 13.4.